The zero-order chi connectivity index (χ0) is 15.3. The highest BCUT2D eigenvalue weighted by molar-refractivity contribution is 5.99. The molecule has 0 bridgehead atoms. The normalized spacial score (nSPS) is 13.7. The zero-order valence-electron chi connectivity index (χ0n) is 10.4. The van der Waals surface area contributed by atoms with Crippen molar-refractivity contribution in [3.8, 4) is 5.75 Å². The lowest BCUT2D eigenvalue weighted by Gasteiger charge is -2.18. The predicted molar refractivity (Wildman–Crippen MR) is 63.6 cm³/mol. The van der Waals surface area contributed by atoms with E-state index in [9.17, 15) is 23.5 Å². The molecule has 3 N–H and O–H groups in total. The van der Waals surface area contributed by atoms with Gasteiger partial charge in [0.05, 0.1) is 11.7 Å². The molecule has 0 aromatic heterocycles. The number of para-hydroxylation sites is 1. The van der Waals surface area contributed by atoms with Crippen LogP contribution in [0.1, 0.15) is 17.3 Å². The lowest BCUT2D eigenvalue weighted by atomic mass is 10.1. The molecule has 8 heteroatoms. The average molecular weight is 289 g/mol. The van der Waals surface area contributed by atoms with Crippen molar-refractivity contribution >= 4 is 11.9 Å². The van der Waals surface area contributed by atoms with Gasteiger partial charge in [-0.2, -0.15) is 8.78 Å². The van der Waals surface area contributed by atoms with Gasteiger partial charge in [-0.3, -0.25) is 4.79 Å². The molecule has 1 rings (SSSR count). The molecular formula is C12H13F2NO5. The first kappa shape index (κ1) is 15.8. The second kappa shape index (κ2) is 6.80. The summed E-state index contributed by atoms with van der Waals surface area (Å²) in [5, 5.41) is 20.1. The minimum absolute atomic E-state index is 0.250. The Morgan fingerprint density at radius 2 is 1.90 bits per heavy atom. The molecule has 0 heterocycles. The van der Waals surface area contributed by atoms with Gasteiger partial charge >= 0.3 is 12.6 Å². The number of carbonyl (C=O) groups is 2. The van der Waals surface area contributed by atoms with Gasteiger partial charge in [-0.1, -0.05) is 12.1 Å². The number of halogens is 2. The molecule has 6 nitrogen and oxygen atoms in total. The molecule has 0 saturated heterocycles. The second-order valence-electron chi connectivity index (χ2n) is 3.90. The van der Waals surface area contributed by atoms with Crippen molar-refractivity contribution in [1.82, 2.24) is 5.32 Å². The van der Waals surface area contributed by atoms with Crippen LogP contribution >= 0.6 is 0 Å². The molecule has 0 fully saturated rings. The number of carbonyl (C=O) groups excluding carboxylic acids is 1. The summed E-state index contributed by atoms with van der Waals surface area (Å²) in [5.74, 6) is -2.76. The Labute approximate surface area is 113 Å². The third-order valence-corrected chi connectivity index (χ3v) is 2.38. The number of hydrogen-bond acceptors (Lipinski definition) is 4. The highest BCUT2D eigenvalue weighted by atomic mass is 19.3. The number of amides is 1. The third kappa shape index (κ3) is 4.16. The number of aliphatic hydroxyl groups is 1. The molecule has 0 unspecified atom stereocenters. The van der Waals surface area contributed by atoms with E-state index in [0.29, 0.717) is 0 Å². The fraction of sp³-hybridized carbons (Fsp3) is 0.333. The Morgan fingerprint density at radius 1 is 1.30 bits per heavy atom. The van der Waals surface area contributed by atoms with E-state index in [2.05, 4.69) is 4.74 Å². The van der Waals surface area contributed by atoms with Crippen LogP contribution < -0.4 is 10.1 Å². The molecule has 2 atom stereocenters. The minimum atomic E-state index is -3.11. The summed E-state index contributed by atoms with van der Waals surface area (Å²) in [6, 6.07) is 3.60. The van der Waals surface area contributed by atoms with Gasteiger partial charge in [0.15, 0.2) is 6.04 Å². The van der Waals surface area contributed by atoms with Gasteiger partial charge in [-0.15, -0.1) is 0 Å². The minimum Gasteiger partial charge on any atom is -0.480 e. The summed E-state index contributed by atoms with van der Waals surface area (Å²) in [6.07, 6.45) is -1.35. The smallest absolute Gasteiger partial charge is 0.387 e. The van der Waals surface area contributed by atoms with E-state index in [1.165, 1.54) is 25.1 Å². The number of alkyl halides is 2. The van der Waals surface area contributed by atoms with Crippen LogP contribution in [0.2, 0.25) is 0 Å². The molecule has 0 aliphatic carbocycles. The van der Waals surface area contributed by atoms with Crippen molar-refractivity contribution in [3.63, 3.8) is 0 Å². The Kier molecular flexibility index (Phi) is 5.39. The molecule has 0 aliphatic rings. The maximum atomic E-state index is 12.2. The summed E-state index contributed by atoms with van der Waals surface area (Å²) in [4.78, 5) is 22.7. The van der Waals surface area contributed by atoms with Crippen molar-refractivity contribution in [2.45, 2.75) is 25.7 Å². The first-order valence-corrected chi connectivity index (χ1v) is 5.58. The number of carboxylic acids is 1. The number of aliphatic carboxylic acids is 1. The Hall–Kier alpha value is -2.22. The highest BCUT2D eigenvalue weighted by Gasteiger charge is 2.26. The highest BCUT2D eigenvalue weighted by Crippen LogP contribution is 2.20. The molecule has 1 amide bonds. The number of nitrogens with one attached hydrogen (secondary N) is 1. The fourth-order valence-electron chi connectivity index (χ4n) is 1.46. The molecule has 1 aromatic rings. The topological polar surface area (TPSA) is 95.9 Å². The molecule has 0 aliphatic heterocycles. The van der Waals surface area contributed by atoms with Crippen molar-refractivity contribution in [3.05, 3.63) is 29.8 Å². The van der Waals surface area contributed by atoms with Crippen LogP contribution in [-0.4, -0.2) is 40.8 Å². The largest absolute Gasteiger partial charge is 0.480 e. The molecule has 0 spiro atoms. The summed E-state index contributed by atoms with van der Waals surface area (Å²) in [5.41, 5.74) is -0.250. The van der Waals surface area contributed by atoms with Crippen LogP contribution in [-0.2, 0) is 4.79 Å². The first-order valence-electron chi connectivity index (χ1n) is 5.58. The zero-order valence-corrected chi connectivity index (χ0v) is 10.4. The van der Waals surface area contributed by atoms with Gasteiger partial charge < -0.3 is 20.3 Å². The molecule has 1 aromatic carbocycles. The van der Waals surface area contributed by atoms with Crippen molar-refractivity contribution in [2.75, 3.05) is 0 Å². The lowest BCUT2D eigenvalue weighted by molar-refractivity contribution is -0.141. The first-order chi connectivity index (χ1) is 9.32. The SMILES string of the molecule is C[C@@H](O)[C@H](NC(=O)c1ccccc1OC(F)F)C(=O)O. The van der Waals surface area contributed by atoms with Crippen LogP contribution in [0.4, 0.5) is 8.78 Å². The number of carboxylic acid groups (broad SMARTS) is 1. The number of benzene rings is 1. The summed E-state index contributed by atoms with van der Waals surface area (Å²) >= 11 is 0. The van der Waals surface area contributed by atoms with Gasteiger partial charge in [-0.05, 0) is 19.1 Å². The van der Waals surface area contributed by atoms with E-state index in [1.54, 1.807) is 0 Å². The van der Waals surface area contributed by atoms with Gasteiger partial charge in [0.25, 0.3) is 5.91 Å². The van der Waals surface area contributed by atoms with Crippen LogP contribution in [0.3, 0.4) is 0 Å². The fourth-order valence-corrected chi connectivity index (χ4v) is 1.46. The van der Waals surface area contributed by atoms with Gasteiger partial charge in [0, 0.05) is 0 Å². The van der Waals surface area contributed by atoms with Crippen LogP contribution in [0, 0.1) is 0 Å². The summed E-state index contributed by atoms with van der Waals surface area (Å²) < 4.78 is 28.6. The van der Waals surface area contributed by atoms with Crippen LogP contribution in [0.5, 0.6) is 5.75 Å². The lowest BCUT2D eigenvalue weighted by Crippen LogP contribution is -2.47. The van der Waals surface area contributed by atoms with Crippen LogP contribution in [0.15, 0.2) is 24.3 Å². The summed E-state index contributed by atoms with van der Waals surface area (Å²) in [7, 11) is 0. The standard InChI is InChI=1S/C12H13F2NO5/c1-6(16)9(11(18)19)15-10(17)7-4-2-3-5-8(7)20-12(13)14/h2-6,9,12,16H,1H3,(H,15,17)(H,18,19)/t6-,9+/m1/s1. The van der Waals surface area contributed by atoms with Gasteiger partial charge in [0.1, 0.15) is 5.75 Å². The molecule has 20 heavy (non-hydrogen) atoms. The Bertz CT molecular complexity index is 492. The van der Waals surface area contributed by atoms with Crippen LogP contribution in [0.25, 0.3) is 0 Å². The molecular weight excluding hydrogens is 276 g/mol. The van der Waals surface area contributed by atoms with Crippen molar-refractivity contribution < 1.29 is 33.3 Å². The van der Waals surface area contributed by atoms with Gasteiger partial charge in [-0.25, -0.2) is 4.79 Å². The van der Waals surface area contributed by atoms with E-state index in [4.69, 9.17) is 5.11 Å². The monoisotopic (exact) mass is 289 g/mol. The summed E-state index contributed by atoms with van der Waals surface area (Å²) in [6.45, 7) is -1.93. The van der Waals surface area contributed by atoms with Crippen molar-refractivity contribution in [2.24, 2.45) is 0 Å². The molecule has 110 valence electrons. The number of ether oxygens (including phenoxy) is 1. The van der Waals surface area contributed by atoms with Gasteiger partial charge in [0.2, 0.25) is 0 Å². The molecule has 0 saturated carbocycles. The number of rotatable bonds is 6. The maximum absolute atomic E-state index is 12.2. The van der Waals surface area contributed by atoms with Crippen molar-refractivity contribution in [1.29, 1.82) is 0 Å². The van der Waals surface area contributed by atoms with E-state index in [1.807, 2.05) is 5.32 Å². The van der Waals surface area contributed by atoms with E-state index in [0.717, 1.165) is 6.07 Å². The Morgan fingerprint density at radius 3 is 2.40 bits per heavy atom. The predicted octanol–water partition coefficient (Wildman–Crippen LogP) is 0.852. The third-order valence-electron chi connectivity index (χ3n) is 2.38. The van der Waals surface area contributed by atoms with E-state index in [-0.39, 0.29) is 11.3 Å². The van der Waals surface area contributed by atoms with E-state index >= 15 is 0 Å². The molecule has 0 radical (unpaired) electrons. The Balaban J connectivity index is 2.94. The number of aliphatic hydroxyl groups excluding tert-OH is 1. The van der Waals surface area contributed by atoms with E-state index < -0.39 is 30.6 Å². The maximum Gasteiger partial charge on any atom is 0.387 e. The number of hydrogen-bond donors (Lipinski definition) is 3. The quantitative estimate of drug-likeness (QED) is 0.721. The average Bonchev–Trinajstić information content (AvgIpc) is 2.34. The second-order valence-corrected chi connectivity index (χ2v) is 3.90.